The Balaban J connectivity index is 1.54. The minimum atomic E-state index is 0.230. The van der Waals surface area contributed by atoms with E-state index in [1.165, 1.54) is 64.6 Å². The van der Waals surface area contributed by atoms with Crippen molar-refractivity contribution in [3.63, 3.8) is 0 Å². The number of ketones is 1. The van der Waals surface area contributed by atoms with Gasteiger partial charge in [-0.2, -0.15) is 0 Å². The molecule has 4 nitrogen and oxygen atoms in total. The Hall–Kier alpha value is -1.94. The summed E-state index contributed by atoms with van der Waals surface area (Å²) in [6.07, 6.45) is 12.5. The molecule has 0 spiro atoms. The summed E-state index contributed by atoms with van der Waals surface area (Å²) in [6.45, 7) is 8.23. The van der Waals surface area contributed by atoms with Crippen LogP contribution in [-0.4, -0.2) is 42.4 Å². The summed E-state index contributed by atoms with van der Waals surface area (Å²) in [6, 6.07) is 7.62. The van der Waals surface area contributed by atoms with Gasteiger partial charge >= 0.3 is 0 Å². The highest BCUT2D eigenvalue weighted by Gasteiger charge is 2.28. The first-order chi connectivity index (χ1) is 15.2. The molecule has 2 heterocycles. The standard InChI is InChI=1S/C27H40N2O2/c1-4-6-7-8-9-17-29-18-15-22(21(5-2)20-29)10-13-27(30)24-14-16-28-26-12-11-23(31-3)19-25(24)26/h11-12,14,16,19,21-22H,4-10,13,15,17-18,20H2,1-3H3. The molecule has 1 saturated heterocycles. The third-order valence-corrected chi connectivity index (χ3v) is 7.07. The van der Waals surface area contributed by atoms with Gasteiger partial charge in [-0.3, -0.25) is 9.78 Å². The molecule has 170 valence electrons. The molecule has 4 heteroatoms. The number of aromatic nitrogens is 1. The van der Waals surface area contributed by atoms with Gasteiger partial charge in [-0.1, -0.05) is 46.0 Å². The summed E-state index contributed by atoms with van der Waals surface area (Å²) < 4.78 is 5.35. The number of fused-ring (bicyclic) bond motifs is 1. The molecule has 0 N–H and O–H groups in total. The molecule has 31 heavy (non-hydrogen) atoms. The van der Waals surface area contributed by atoms with Crippen molar-refractivity contribution in [2.24, 2.45) is 11.8 Å². The Morgan fingerprint density at radius 2 is 1.97 bits per heavy atom. The Morgan fingerprint density at radius 1 is 1.13 bits per heavy atom. The van der Waals surface area contributed by atoms with E-state index in [1.807, 2.05) is 24.3 Å². The predicted octanol–water partition coefficient (Wildman–Crippen LogP) is 6.52. The molecule has 0 amide bonds. The fraction of sp³-hybridized carbons (Fsp3) is 0.630. The lowest BCUT2D eigenvalue weighted by Gasteiger charge is -2.38. The van der Waals surface area contributed by atoms with Gasteiger partial charge in [-0.15, -0.1) is 0 Å². The third-order valence-electron chi connectivity index (χ3n) is 7.07. The number of benzene rings is 1. The molecule has 2 aromatic rings. The number of pyridine rings is 1. The molecule has 1 aromatic heterocycles. The van der Waals surface area contributed by atoms with E-state index in [2.05, 4.69) is 23.7 Å². The summed E-state index contributed by atoms with van der Waals surface area (Å²) in [7, 11) is 1.65. The van der Waals surface area contributed by atoms with Crippen LogP contribution in [0.2, 0.25) is 0 Å². The summed E-state index contributed by atoms with van der Waals surface area (Å²) in [5, 5.41) is 0.900. The maximum atomic E-state index is 13.1. The van der Waals surface area contributed by atoms with E-state index in [9.17, 15) is 4.79 Å². The van der Waals surface area contributed by atoms with E-state index in [4.69, 9.17) is 4.74 Å². The lowest BCUT2D eigenvalue weighted by molar-refractivity contribution is 0.0899. The second-order valence-corrected chi connectivity index (χ2v) is 9.14. The van der Waals surface area contributed by atoms with Gasteiger partial charge in [0, 0.05) is 30.1 Å². The van der Waals surface area contributed by atoms with Crippen molar-refractivity contribution in [3.05, 3.63) is 36.0 Å². The Bertz CT molecular complexity index is 835. The van der Waals surface area contributed by atoms with Gasteiger partial charge in [0.25, 0.3) is 0 Å². The van der Waals surface area contributed by atoms with E-state index in [0.29, 0.717) is 18.3 Å². The topological polar surface area (TPSA) is 42.4 Å². The fourth-order valence-corrected chi connectivity index (χ4v) is 5.09. The van der Waals surface area contributed by atoms with Crippen LogP contribution in [0.5, 0.6) is 5.75 Å². The highest BCUT2D eigenvalue weighted by molar-refractivity contribution is 6.07. The smallest absolute Gasteiger partial charge is 0.163 e. The van der Waals surface area contributed by atoms with Crippen LogP contribution in [0.15, 0.2) is 30.5 Å². The van der Waals surface area contributed by atoms with Crippen LogP contribution < -0.4 is 4.74 Å². The predicted molar refractivity (Wildman–Crippen MR) is 129 cm³/mol. The molecule has 2 atom stereocenters. The van der Waals surface area contributed by atoms with E-state index < -0.39 is 0 Å². The first-order valence-corrected chi connectivity index (χ1v) is 12.3. The normalized spacial score (nSPS) is 19.6. The Morgan fingerprint density at radius 3 is 2.74 bits per heavy atom. The first kappa shape index (κ1) is 23.7. The monoisotopic (exact) mass is 424 g/mol. The number of unbranched alkanes of at least 4 members (excludes halogenated alkanes) is 4. The maximum Gasteiger partial charge on any atom is 0.163 e. The SMILES string of the molecule is CCCCCCCN1CCC(CCC(=O)c2ccnc3ccc(OC)cc23)C(CC)C1. The first-order valence-electron chi connectivity index (χ1n) is 12.3. The second-order valence-electron chi connectivity index (χ2n) is 9.14. The number of nitrogens with zero attached hydrogens (tertiary/aromatic N) is 2. The van der Waals surface area contributed by atoms with Gasteiger partial charge < -0.3 is 9.64 Å². The average Bonchev–Trinajstić information content (AvgIpc) is 2.81. The zero-order valence-corrected chi connectivity index (χ0v) is 19.7. The van der Waals surface area contributed by atoms with E-state index in [-0.39, 0.29) is 5.78 Å². The number of ether oxygens (including phenoxy) is 1. The zero-order valence-electron chi connectivity index (χ0n) is 19.7. The highest BCUT2D eigenvalue weighted by Crippen LogP contribution is 2.31. The minimum absolute atomic E-state index is 0.230. The second kappa shape index (κ2) is 12.2. The van der Waals surface area contributed by atoms with Gasteiger partial charge in [0.15, 0.2) is 5.78 Å². The van der Waals surface area contributed by atoms with Crippen LogP contribution in [0.25, 0.3) is 10.9 Å². The van der Waals surface area contributed by atoms with E-state index >= 15 is 0 Å². The van der Waals surface area contributed by atoms with Crippen molar-refractivity contribution in [2.75, 3.05) is 26.7 Å². The van der Waals surface area contributed by atoms with Crippen LogP contribution in [0.1, 0.15) is 82.0 Å². The Labute approximate surface area is 188 Å². The van der Waals surface area contributed by atoms with Crippen molar-refractivity contribution in [2.45, 2.75) is 71.6 Å². The van der Waals surface area contributed by atoms with Crippen LogP contribution >= 0.6 is 0 Å². The molecule has 1 aliphatic heterocycles. The van der Waals surface area contributed by atoms with Crippen molar-refractivity contribution in [3.8, 4) is 5.75 Å². The number of rotatable bonds is 12. The van der Waals surface area contributed by atoms with Gasteiger partial charge in [0.1, 0.15) is 5.75 Å². The van der Waals surface area contributed by atoms with Gasteiger partial charge in [-0.05, 0) is 68.5 Å². The fourth-order valence-electron chi connectivity index (χ4n) is 5.09. The number of likely N-dealkylation sites (tertiary alicyclic amines) is 1. The van der Waals surface area contributed by atoms with Gasteiger partial charge in [0.05, 0.1) is 12.6 Å². The van der Waals surface area contributed by atoms with Crippen molar-refractivity contribution in [1.82, 2.24) is 9.88 Å². The molecule has 0 aliphatic carbocycles. The molecule has 1 aliphatic rings. The number of Topliss-reactive ketones (excluding diaryl/α,β-unsaturated/α-hetero) is 1. The molecule has 1 fully saturated rings. The van der Waals surface area contributed by atoms with E-state index in [1.54, 1.807) is 13.3 Å². The van der Waals surface area contributed by atoms with Gasteiger partial charge in [0.2, 0.25) is 0 Å². The lowest BCUT2D eigenvalue weighted by atomic mass is 9.80. The third kappa shape index (κ3) is 6.52. The largest absolute Gasteiger partial charge is 0.497 e. The minimum Gasteiger partial charge on any atom is -0.497 e. The molecule has 2 unspecified atom stereocenters. The number of carbonyl (C=O) groups is 1. The summed E-state index contributed by atoms with van der Waals surface area (Å²) in [4.78, 5) is 20.2. The van der Waals surface area contributed by atoms with Crippen LogP contribution in [0.3, 0.4) is 0 Å². The van der Waals surface area contributed by atoms with Crippen LogP contribution in [0, 0.1) is 11.8 Å². The zero-order chi connectivity index (χ0) is 22.1. The van der Waals surface area contributed by atoms with Crippen molar-refractivity contribution < 1.29 is 9.53 Å². The van der Waals surface area contributed by atoms with Crippen LogP contribution in [0.4, 0.5) is 0 Å². The van der Waals surface area contributed by atoms with Gasteiger partial charge in [-0.25, -0.2) is 0 Å². The summed E-state index contributed by atoms with van der Waals surface area (Å²) in [5.41, 5.74) is 1.63. The quantitative estimate of drug-likeness (QED) is 0.287. The number of methoxy groups -OCH3 is 1. The maximum absolute atomic E-state index is 13.1. The molecule has 0 radical (unpaired) electrons. The number of carbonyl (C=O) groups excluding carboxylic acids is 1. The van der Waals surface area contributed by atoms with E-state index in [0.717, 1.165) is 28.6 Å². The molecule has 3 rings (SSSR count). The molecule has 1 aromatic carbocycles. The van der Waals surface area contributed by atoms with Crippen LogP contribution in [-0.2, 0) is 0 Å². The molecular weight excluding hydrogens is 384 g/mol. The number of hydrogen-bond acceptors (Lipinski definition) is 4. The average molecular weight is 425 g/mol. The molecular formula is C27H40N2O2. The van der Waals surface area contributed by atoms with Crippen molar-refractivity contribution >= 4 is 16.7 Å². The highest BCUT2D eigenvalue weighted by atomic mass is 16.5. The summed E-state index contributed by atoms with van der Waals surface area (Å²) in [5.74, 6) is 2.37. The Kier molecular flexibility index (Phi) is 9.32. The lowest BCUT2D eigenvalue weighted by Crippen LogP contribution is -2.40. The summed E-state index contributed by atoms with van der Waals surface area (Å²) >= 11 is 0. The molecule has 0 bridgehead atoms. The van der Waals surface area contributed by atoms with Crippen molar-refractivity contribution in [1.29, 1.82) is 0 Å². The number of piperidine rings is 1. The molecule has 0 saturated carbocycles. The number of hydrogen-bond donors (Lipinski definition) is 0.